The zero-order chi connectivity index (χ0) is 20.1. The third kappa shape index (κ3) is 4.74. The Morgan fingerprint density at radius 2 is 2.21 bits per heavy atom. The molecule has 8 heteroatoms. The van der Waals surface area contributed by atoms with Crippen LogP contribution in [0.5, 0.6) is 11.5 Å². The van der Waals surface area contributed by atoms with Crippen LogP contribution in [0.4, 0.5) is 0 Å². The highest BCUT2D eigenvalue weighted by atomic mass is 32.2. The van der Waals surface area contributed by atoms with E-state index in [9.17, 15) is 9.59 Å². The average Bonchev–Trinajstić information content (AvgIpc) is 2.94. The van der Waals surface area contributed by atoms with E-state index in [2.05, 4.69) is 0 Å². The molecule has 1 aromatic carbocycles. The summed E-state index contributed by atoms with van der Waals surface area (Å²) in [6.45, 7) is 0.865. The predicted octanol–water partition coefficient (Wildman–Crippen LogP) is 3.86. The van der Waals surface area contributed by atoms with Gasteiger partial charge in [-0.3, -0.25) is 14.5 Å². The molecule has 1 amide bonds. The van der Waals surface area contributed by atoms with Gasteiger partial charge in [0.2, 0.25) is 0 Å². The van der Waals surface area contributed by atoms with Crippen molar-refractivity contribution in [2.24, 2.45) is 0 Å². The Kier molecular flexibility index (Phi) is 6.74. The lowest BCUT2D eigenvalue weighted by Gasteiger charge is -2.18. The highest BCUT2D eigenvalue weighted by Crippen LogP contribution is 2.37. The predicted molar refractivity (Wildman–Crippen MR) is 113 cm³/mol. The van der Waals surface area contributed by atoms with Crippen molar-refractivity contribution in [3.8, 4) is 11.5 Å². The molecule has 1 N–H and O–H groups in total. The fourth-order valence-electron chi connectivity index (χ4n) is 3.03. The topological polar surface area (TPSA) is 76.1 Å². The van der Waals surface area contributed by atoms with E-state index in [1.165, 1.54) is 11.8 Å². The summed E-state index contributed by atoms with van der Waals surface area (Å²) in [4.78, 5) is 25.4. The van der Waals surface area contributed by atoms with E-state index in [1.54, 1.807) is 12.0 Å². The van der Waals surface area contributed by atoms with Crippen LogP contribution < -0.4 is 9.47 Å². The van der Waals surface area contributed by atoms with Gasteiger partial charge in [0, 0.05) is 18.5 Å². The van der Waals surface area contributed by atoms with Crippen molar-refractivity contribution in [1.82, 2.24) is 4.90 Å². The third-order valence-corrected chi connectivity index (χ3v) is 5.79. The molecule has 1 aromatic rings. The molecule has 1 fully saturated rings. The monoisotopic (exact) mass is 419 g/mol. The maximum Gasteiger partial charge on any atom is 0.303 e. The van der Waals surface area contributed by atoms with Crippen LogP contribution >= 0.6 is 24.0 Å². The molecule has 0 radical (unpaired) electrons. The van der Waals surface area contributed by atoms with E-state index >= 15 is 0 Å². The Morgan fingerprint density at radius 3 is 2.96 bits per heavy atom. The van der Waals surface area contributed by atoms with Crippen molar-refractivity contribution < 1.29 is 24.2 Å². The second-order valence-corrected chi connectivity index (χ2v) is 8.10. The van der Waals surface area contributed by atoms with Gasteiger partial charge >= 0.3 is 5.97 Å². The smallest absolute Gasteiger partial charge is 0.303 e. The number of hydrogen-bond acceptors (Lipinski definition) is 6. The molecule has 6 nitrogen and oxygen atoms in total. The van der Waals surface area contributed by atoms with E-state index in [0.29, 0.717) is 40.3 Å². The molecule has 1 saturated heterocycles. The minimum atomic E-state index is -0.796. The number of methoxy groups -OCH3 is 1. The summed E-state index contributed by atoms with van der Waals surface area (Å²) < 4.78 is 11.7. The largest absolute Gasteiger partial charge is 0.493 e. The summed E-state index contributed by atoms with van der Waals surface area (Å²) in [6.07, 6.45) is 6.05. The molecule has 0 saturated carbocycles. The lowest BCUT2D eigenvalue weighted by atomic mass is 10.1. The number of carbonyl (C=O) groups excluding carboxylic acids is 1. The number of fused-ring (bicyclic) bond motifs is 1. The molecule has 0 aliphatic carbocycles. The molecule has 3 rings (SSSR count). The van der Waals surface area contributed by atoms with Crippen molar-refractivity contribution in [3.05, 3.63) is 40.3 Å². The molecule has 0 bridgehead atoms. The summed E-state index contributed by atoms with van der Waals surface area (Å²) in [5, 5.41) is 8.67. The Labute approximate surface area is 173 Å². The van der Waals surface area contributed by atoms with Crippen LogP contribution in [-0.4, -0.2) is 46.5 Å². The quantitative estimate of drug-likeness (QED) is 0.389. The summed E-state index contributed by atoms with van der Waals surface area (Å²) in [7, 11) is 1.60. The van der Waals surface area contributed by atoms with E-state index in [0.717, 1.165) is 24.0 Å². The first-order valence-electron chi connectivity index (χ1n) is 8.97. The Bertz CT molecular complexity index is 862. The minimum absolute atomic E-state index is 0.106. The minimum Gasteiger partial charge on any atom is -0.493 e. The highest BCUT2D eigenvalue weighted by molar-refractivity contribution is 8.26. The molecule has 2 heterocycles. The molecule has 28 heavy (non-hydrogen) atoms. The number of rotatable bonds is 8. The summed E-state index contributed by atoms with van der Waals surface area (Å²) >= 11 is 6.63. The number of carbonyl (C=O) groups is 2. The fraction of sp³-hybridized carbons (Fsp3) is 0.350. The number of thioether (sulfide) groups is 1. The molecule has 0 unspecified atom stereocenters. The van der Waals surface area contributed by atoms with Crippen molar-refractivity contribution >= 4 is 46.3 Å². The first-order valence-corrected chi connectivity index (χ1v) is 10.2. The van der Waals surface area contributed by atoms with Crippen molar-refractivity contribution in [2.75, 3.05) is 20.3 Å². The first-order chi connectivity index (χ1) is 13.5. The standard InChI is InChI=1S/C20H21NO5S2/c1-25-15-7-5-6-14-10-13(12-26-18(14)15)11-16-19(24)21(20(27)28-16)9-4-2-3-8-17(22)23/h5-7,10-11H,2-4,8-9,12H2,1H3,(H,22,23)/b16-11-. The number of ether oxygens (including phenoxy) is 2. The van der Waals surface area contributed by atoms with Crippen LogP contribution in [0.25, 0.3) is 6.08 Å². The van der Waals surface area contributed by atoms with Crippen LogP contribution in [0, 0.1) is 0 Å². The number of aliphatic carboxylic acids is 1. The van der Waals surface area contributed by atoms with E-state index in [4.69, 9.17) is 26.8 Å². The van der Waals surface area contributed by atoms with Gasteiger partial charge in [0.15, 0.2) is 11.5 Å². The highest BCUT2D eigenvalue weighted by Gasteiger charge is 2.32. The Balaban J connectivity index is 1.65. The molecule has 2 aliphatic rings. The van der Waals surface area contributed by atoms with E-state index in [-0.39, 0.29) is 12.3 Å². The van der Waals surface area contributed by atoms with Gasteiger partial charge in [0.05, 0.1) is 12.0 Å². The number of unbranched alkanes of at least 4 members (excludes halogenated alkanes) is 2. The molecule has 148 valence electrons. The summed E-state index contributed by atoms with van der Waals surface area (Å²) in [5.74, 6) is 0.486. The molecular formula is C20H21NO5S2. The molecule has 0 spiro atoms. The van der Waals surface area contributed by atoms with Gasteiger partial charge in [-0.15, -0.1) is 0 Å². The van der Waals surface area contributed by atoms with Crippen LogP contribution in [0.3, 0.4) is 0 Å². The molecule has 2 aliphatic heterocycles. The SMILES string of the molecule is COc1cccc2c1OCC(/C=C1\SC(=S)N(CCCCCC(=O)O)C1=O)=C2. The number of thiocarbonyl (C=S) groups is 1. The second kappa shape index (κ2) is 9.25. The van der Waals surface area contributed by atoms with Crippen LogP contribution in [-0.2, 0) is 9.59 Å². The second-order valence-electron chi connectivity index (χ2n) is 6.42. The number of carboxylic acids is 1. The van der Waals surface area contributed by atoms with Crippen molar-refractivity contribution in [1.29, 1.82) is 0 Å². The van der Waals surface area contributed by atoms with Crippen LogP contribution in [0.2, 0.25) is 0 Å². The number of hydrogen-bond donors (Lipinski definition) is 1. The Morgan fingerprint density at radius 1 is 1.39 bits per heavy atom. The average molecular weight is 420 g/mol. The number of benzene rings is 1. The maximum atomic E-state index is 12.7. The normalized spacial score (nSPS) is 17.4. The van der Waals surface area contributed by atoms with E-state index < -0.39 is 5.97 Å². The van der Waals surface area contributed by atoms with Gasteiger partial charge in [-0.2, -0.15) is 0 Å². The lowest BCUT2D eigenvalue weighted by Crippen LogP contribution is -2.29. The van der Waals surface area contributed by atoms with Crippen LogP contribution in [0.15, 0.2) is 34.8 Å². The molecule has 0 atom stereocenters. The molecular weight excluding hydrogens is 398 g/mol. The van der Waals surface area contributed by atoms with Crippen molar-refractivity contribution in [3.63, 3.8) is 0 Å². The first kappa shape index (κ1) is 20.4. The van der Waals surface area contributed by atoms with Gasteiger partial charge in [-0.1, -0.05) is 42.5 Å². The molecule has 0 aromatic heterocycles. The lowest BCUT2D eigenvalue weighted by molar-refractivity contribution is -0.137. The van der Waals surface area contributed by atoms with Gasteiger partial charge in [-0.05, 0) is 36.6 Å². The number of carboxylic acid groups (broad SMARTS) is 1. The zero-order valence-electron chi connectivity index (χ0n) is 15.5. The van der Waals surface area contributed by atoms with E-state index in [1.807, 2.05) is 30.4 Å². The maximum absolute atomic E-state index is 12.7. The third-order valence-electron chi connectivity index (χ3n) is 4.42. The fourth-order valence-corrected chi connectivity index (χ4v) is 4.35. The van der Waals surface area contributed by atoms with Crippen LogP contribution in [0.1, 0.15) is 31.2 Å². The number of amides is 1. The van der Waals surface area contributed by atoms with Gasteiger partial charge in [0.25, 0.3) is 5.91 Å². The van der Waals surface area contributed by atoms with Gasteiger partial charge < -0.3 is 14.6 Å². The zero-order valence-corrected chi connectivity index (χ0v) is 17.1. The van der Waals surface area contributed by atoms with Crippen molar-refractivity contribution in [2.45, 2.75) is 25.7 Å². The Hall–Kier alpha value is -2.32. The summed E-state index contributed by atoms with van der Waals surface area (Å²) in [5.41, 5.74) is 1.80. The number of nitrogens with zero attached hydrogens (tertiary/aromatic N) is 1. The van der Waals surface area contributed by atoms with Gasteiger partial charge in [0.1, 0.15) is 10.9 Å². The number of para-hydroxylation sites is 1. The van der Waals surface area contributed by atoms with Gasteiger partial charge in [-0.25, -0.2) is 0 Å². The summed E-state index contributed by atoms with van der Waals surface area (Å²) in [6, 6.07) is 5.68.